The van der Waals surface area contributed by atoms with Crippen molar-refractivity contribution in [1.82, 2.24) is 30.6 Å². The molecule has 2 heterocycles. The fourth-order valence-electron chi connectivity index (χ4n) is 4.09. The second kappa shape index (κ2) is 15.9. The van der Waals surface area contributed by atoms with Gasteiger partial charge in [0.25, 0.3) is 0 Å². The standard InChI is InChI=1S/C34H49N7O5/c1-32(2,3)44-21-27(29(42)45-33(4,5)6)37-19-24-12-10-14-26(17-24)40-30-39-22-38-28(41-30)25-16-23(18-35-20-25)13-11-15-36-31(43)46-34(7,8)9/h10,12,14,16-18,20,22,27,37H,11,13,15,19,21H2,1-9H3,(H,36,43)(H,38,39,40,41). The smallest absolute Gasteiger partial charge is 0.407 e. The van der Waals surface area contributed by atoms with Crippen molar-refractivity contribution in [2.45, 2.75) is 105 Å². The molecule has 0 fully saturated rings. The summed E-state index contributed by atoms with van der Waals surface area (Å²) in [5.74, 6) is 0.502. The van der Waals surface area contributed by atoms with E-state index in [1.165, 1.54) is 6.33 Å². The summed E-state index contributed by atoms with van der Waals surface area (Å²) in [4.78, 5) is 42.4. The molecule has 3 rings (SSSR count). The van der Waals surface area contributed by atoms with E-state index in [9.17, 15) is 9.59 Å². The van der Waals surface area contributed by atoms with Crippen molar-refractivity contribution in [1.29, 1.82) is 0 Å². The van der Waals surface area contributed by atoms with Crippen molar-refractivity contribution < 1.29 is 23.8 Å². The van der Waals surface area contributed by atoms with Gasteiger partial charge in [0.15, 0.2) is 5.82 Å². The summed E-state index contributed by atoms with van der Waals surface area (Å²) in [6, 6.07) is 9.10. The Morgan fingerprint density at radius 1 is 0.870 bits per heavy atom. The number of pyridine rings is 1. The Hall–Kier alpha value is -4.16. The van der Waals surface area contributed by atoms with Crippen LogP contribution in [0.4, 0.5) is 16.4 Å². The zero-order valence-corrected chi connectivity index (χ0v) is 28.6. The third-order valence-corrected chi connectivity index (χ3v) is 6.05. The summed E-state index contributed by atoms with van der Waals surface area (Å²) in [5.41, 5.74) is 1.94. The second-order valence-corrected chi connectivity index (χ2v) is 14.0. The van der Waals surface area contributed by atoms with Crippen molar-refractivity contribution in [3.05, 3.63) is 60.2 Å². The highest BCUT2D eigenvalue weighted by molar-refractivity contribution is 5.76. The first-order chi connectivity index (χ1) is 21.5. The Kier molecular flexibility index (Phi) is 12.6. The molecule has 0 saturated carbocycles. The second-order valence-electron chi connectivity index (χ2n) is 14.0. The third kappa shape index (κ3) is 13.9. The topological polar surface area (TPSA) is 149 Å². The number of hydrogen-bond donors (Lipinski definition) is 3. The van der Waals surface area contributed by atoms with Crippen molar-refractivity contribution >= 4 is 23.7 Å². The number of carbonyl (C=O) groups excluding carboxylic acids is 2. The summed E-state index contributed by atoms with van der Waals surface area (Å²) >= 11 is 0. The summed E-state index contributed by atoms with van der Waals surface area (Å²) in [7, 11) is 0. The minimum Gasteiger partial charge on any atom is -0.459 e. The van der Waals surface area contributed by atoms with Gasteiger partial charge >= 0.3 is 12.1 Å². The Bertz CT molecular complexity index is 1440. The number of aromatic nitrogens is 4. The zero-order valence-electron chi connectivity index (χ0n) is 28.6. The number of ether oxygens (including phenoxy) is 3. The average molecular weight is 636 g/mol. The molecule has 0 aliphatic carbocycles. The molecular formula is C34H49N7O5. The number of alkyl carbamates (subject to hydrolysis) is 1. The number of aryl methyl sites for hydroxylation is 1. The van der Waals surface area contributed by atoms with Crippen molar-refractivity contribution in [3.8, 4) is 11.4 Å². The molecule has 1 amide bonds. The molecule has 46 heavy (non-hydrogen) atoms. The molecule has 250 valence electrons. The third-order valence-electron chi connectivity index (χ3n) is 6.05. The SMILES string of the molecule is CC(C)(C)OCC(NCc1cccc(Nc2ncnc(-c3cncc(CCCNC(=O)OC(C)(C)C)c3)n2)c1)C(=O)OC(C)(C)C. The Labute approximate surface area is 272 Å². The maximum absolute atomic E-state index is 12.9. The van der Waals surface area contributed by atoms with Gasteiger partial charge in [0.2, 0.25) is 5.95 Å². The first kappa shape index (κ1) is 36.3. The molecule has 2 aromatic heterocycles. The number of nitrogens with zero attached hydrogens (tertiary/aromatic N) is 4. The fourth-order valence-corrected chi connectivity index (χ4v) is 4.09. The van der Waals surface area contributed by atoms with E-state index in [0.717, 1.165) is 28.8 Å². The lowest BCUT2D eigenvalue weighted by Gasteiger charge is -2.27. The number of nitrogens with one attached hydrogen (secondary N) is 3. The lowest BCUT2D eigenvalue weighted by atomic mass is 10.1. The van der Waals surface area contributed by atoms with Crippen LogP contribution in [0.5, 0.6) is 0 Å². The Balaban J connectivity index is 1.61. The average Bonchev–Trinajstić information content (AvgIpc) is 2.93. The van der Waals surface area contributed by atoms with Gasteiger partial charge in [0.1, 0.15) is 23.6 Å². The highest BCUT2D eigenvalue weighted by atomic mass is 16.6. The largest absolute Gasteiger partial charge is 0.459 e. The van der Waals surface area contributed by atoms with Crippen LogP contribution in [0.2, 0.25) is 0 Å². The number of esters is 1. The van der Waals surface area contributed by atoms with Gasteiger partial charge < -0.3 is 24.8 Å². The van der Waals surface area contributed by atoms with E-state index in [0.29, 0.717) is 31.3 Å². The molecule has 1 unspecified atom stereocenters. The zero-order chi connectivity index (χ0) is 34.0. The molecule has 0 aliphatic rings. The molecule has 0 bridgehead atoms. The minimum absolute atomic E-state index is 0.184. The number of carbonyl (C=O) groups is 2. The monoisotopic (exact) mass is 635 g/mol. The Morgan fingerprint density at radius 3 is 2.30 bits per heavy atom. The van der Waals surface area contributed by atoms with Gasteiger partial charge in [-0.1, -0.05) is 12.1 Å². The van der Waals surface area contributed by atoms with Gasteiger partial charge in [-0.05, 0) is 104 Å². The van der Waals surface area contributed by atoms with Crippen LogP contribution in [0, 0.1) is 0 Å². The maximum Gasteiger partial charge on any atom is 0.407 e. The summed E-state index contributed by atoms with van der Waals surface area (Å²) in [5, 5.41) is 9.31. The highest BCUT2D eigenvalue weighted by Crippen LogP contribution is 2.20. The number of amides is 1. The van der Waals surface area contributed by atoms with Crippen LogP contribution in [-0.4, -0.2) is 68.0 Å². The van der Waals surface area contributed by atoms with Crippen LogP contribution in [-0.2, 0) is 32.0 Å². The predicted molar refractivity (Wildman–Crippen MR) is 178 cm³/mol. The van der Waals surface area contributed by atoms with Crippen LogP contribution in [0.15, 0.2) is 49.1 Å². The maximum atomic E-state index is 12.9. The van der Waals surface area contributed by atoms with E-state index in [1.807, 2.05) is 92.6 Å². The molecule has 3 aromatic rings. The number of rotatable bonds is 13. The number of hydrogen-bond acceptors (Lipinski definition) is 11. The summed E-state index contributed by atoms with van der Waals surface area (Å²) < 4.78 is 16.8. The Morgan fingerprint density at radius 2 is 1.61 bits per heavy atom. The first-order valence-corrected chi connectivity index (χ1v) is 15.5. The fraction of sp³-hybridized carbons (Fsp3) is 0.529. The molecule has 12 heteroatoms. The van der Waals surface area contributed by atoms with Crippen LogP contribution < -0.4 is 16.0 Å². The van der Waals surface area contributed by atoms with Crippen molar-refractivity contribution in [2.75, 3.05) is 18.5 Å². The lowest BCUT2D eigenvalue weighted by molar-refractivity contribution is -0.160. The molecule has 0 saturated heterocycles. The molecular weight excluding hydrogens is 586 g/mol. The van der Waals surface area contributed by atoms with E-state index in [1.54, 1.807) is 12.4 Å². The van der Waals surface area contributed by atoms with E-state index in [4.69, 9.17) is 14.2 Å². The van der Waals surface area contributed by atoms with Crippen molar-refractivity contribution in [2.24, 2.45) is 0 Å². The first-order valence-electron chi connectivity index (χ1n) is 15.5. The van der Waals surface area contributed by atoms with Gasteiger partial charge in [-0.2, -0.15) is 4.98 Å². The minimum atomic E-state index is -0.633. The number of benzene rings is 1. The van der Waals surface area contributed by atoms with Gasteiger partial charge in [-0.15, -0.1) is 0 Å². The molecule has 0 radical (unpaired) electrons. The molecule has 3 N–H and O–H groups in total. The normalized spacial score (nSPS) is 12.7. The molecule has 1 aromatic carbocycles. The van der Waals surface area contributed by atoms with E-state index >= 15 is 0 Å². The van der Waals surface area contributed by atoms with E-state index in [-0.39, 0.29) is 12.6 Å². The van der Waals surface area contributed by atoms with Gasteiger partial charge in [-0.3, -0.25) is 15.1 Å². The van der Waals surface area contributed by atoms with Gasteiger partial charge in [-0.25, -0.2) is 14.8 Å². The molecule has 1 atom stereocenters. The van der Waals surface area contributed by atoms with Crippen LogP contribution in [0.25, 0.3) is 11.4 Å². The van der Waals surface area contributed by atoms with E-state index in [2.05, 4.69) is 35.9 Å². The van der Waals surface area contributed by atoms with Crippen LogP contribution in [0.3, 0.4) is 0 Å². The predicted octanol–water partition coefficient (Wildman–Crippen LogP) is 5.75. The molecule has 0 aliphatic heterocycles. The van der Waals surface area contributed by atoms with Crippen LogP contribution >= 0.6 is 0 Å². The quantitative estimate of drug-likeness (QED) is 0.156. The summed E-state index contributed by atoms with van der Waals surface area (Å²) in [6.45, 7) is 18.0. The van der Waals surface area contributed by atoms with Gasteiger partial charge in [0, 0.05) is 36.7 Å². The van der Waals surface area contributed by atoms with Crippen molar-refractivity contribution in [3.63, 3.8) is 0 Å². The van der Waals surface area contributed by atoms with E-state index < -0.39 is 28.9 Å². The highest BCUT2D eigenvalue weighted by Gasteiger charge is 2.27. The van der Waals surface area contributed by atoms with Crippen LogP contribution in [0.1, 0.15) is 79.9 Å². The summed E-state index contributed by atoms with van der Waals surface area (Å²) in [6.07, 6.45) is 5.96. The number of anilines is 2. The van der Waals surface area contributed by atoms with Gasteiger partial charge in [0.05, 0.1) is 12.2 Å². The molecule has 0 spiro atoms. The molecule has 12 nitrogen and oxygen atoms in total. The lowest BCUT2D eigenvalue weighted by Crippen LogP contribution is -2.45.